The average Bonchev–Trinajstić information content (AvgIpc) is 3.36. The van der Waals surface area contributed by atoms with Crippen molar-refractivity contribution in [2.24, 2.45) is 0 Å². The molecule has 1 fully saturated rings. The number of ether oxygens (including phenoxy) is 1. The minimum atomic E-state index is 0.0140. The Balaban J connectivity index is 1.41. The lowest BCUT2D eigenvalue weighted by Gasteiger charge is -2.19. The summed E-state index contributed by atoms with van der Waals surface area (Å²) in [5.41, 5.74) is 4.48. The van der Waals surface area contributed by atoms with Crippen molar-refractivity contribution in [3.8, 4) is 17.0 Å². The molecule has 3 aromatic rings. The number of carbonyl (C=O) groups is 1. The standard InChI is InChI=1S/C21H19N3O2/c25-21(24-11-10-15(12-24)14-6-2-1-3-7-14)20-17-13-26-18-9-5-4-8-16(18)19(17)22-23-20/h1-9,15H,10-13H2,(H,22,23)/t15-/m1/s1. The Bertz CT molecular complexity index is 964. The number of aromatic nitrogens is 2. The highest BCUT2D eigenvalue weighted by atomic mass is 16.5. The van der Waals surface area contributed by atoms with Crippen LogP contribution in [0, 0.1) is 0 Å². The van der Waals surface area contributed by atoms with E-state index in [-0.39, 0.29) is 5.91 Å². The number of likely N-dealkylation sites (tertiary alicyclic amines) is 1. The monoisotopic (exact) mass is 345 g/mol. The van der Waals surface area contributed by atoms with Gasteiger partial charge < -0.3 is 9.64 Å². The van der Waals surface area contributed by atoms with Gasteiger partial charge in [-0.25, -0.2) is 0 Å². The number of rotatable bonds is 2. The summed E-state index contributed by atoms with van der Waals surface area (Å²) in [4.78, 5) is 15.0. The summed E-state index contributed by atoms with van der Waals surface area (Å²) in [5, 5.41) is 7.38. The van der Waals surface area contributed by atoms with Gasteiger partial charge in [0, 0.05) is 30.1 Å². The van der Waals surface area contributed by atoms with Crippen LogP contribution in [-0.2, 0) is 6.61 Å². The minimum absolute atomic E-state index is 0.0140. The number of benzene rings is 2. The molecule has 5 nitrogen and oxygen atoms in total. The third-order valence-electron chi connectivity index (χ3n) is 5.34. The lowest BCUT2D eigenvalue weighted by molar-refractivity contribution is 0.0782. The molecule has 1 atom stereocenters. The fraction of sp³-hybridized carbons (Fsp3) is 0.238. The molecule has 130 valence electrons. The van der Waals surface area contributed by atoms with Crippen molar-refractivity contribution < 1.29 is 9.53 Å². The number of carbonyl (C=O) groups excluding carboxylic acids is 1. The summed E-state index contributed by atoms with van der Waals surface area (Å²) in [7, 11) is 0. The van der Waals surface area contributed by atoms with E-state index in [0.717, 1.165) is 42.1 Å². The number of amides is 1. The second-order valence-corrected chi connectivity index (χ2v) is 6.86. The van der Waals surface area contributed by atoms with E-state index in [1.54, 1.807) is 0 Å². The average molecular weight is 345 g/mol. The molecule has 0 spiro atoms. The summed E-state index contributed by atoms with van der Waals surface area (Å²) in [5.74, 6) is 1.23. The van der Waals surface area contributed by atoms with E-state index >= 15 is 0 Å². The normalized spacial score (nSPS) is 18.2. The fourth-order valence-corrected chi connectivity index (χ4v) is 3.94. The van der Waals surface area contributed by atoms with E-state index in [4.69, 9.17) is 4.74 Å². The molecule has 2 aromatic carbocycles. The van der Waals surface area contributed by atoms with Crippen molar-refractivity contribution in [3.05, 3.63) is 71.4 Å². The van der Waals surface area contributed by atoms with Crippen LogP contribution in [-0.4, -0.2) is 34.1 Å². The lowest BCUT2D eigenvalue weighted by Crippen LogP contribution is -2.30. The number of para-hydroxylation sites is 1. The molecule has 2 aliphatic rings. The molecular formula is C21H19N3O2. The molecule has 5 rings (SSSR count). The largest absolute Gasteiger partial charge is 0.488 e. The molecule has 1 amide bonds. The molecule has 2 aliphatic heterocycles. The molecule has 1 aromatic heterocycles. The predicted octanol–water partition coefficient (Wildman–Crippen LogP) is 3.60. The van der Waals surface area contributed by atoms with Gasteiger partial charge in [0.2, 0.25) is 0 Å². The second-order valence-electron chi connectivity index (χ2n) is 6.86. The second kappa shape index (κ2) is 6.02. The molecule has 1 saturated heterocycles. The Morgan fingerprint density at radius 2 is 1.92 bits per heavy atom. The first kappa shape index (κ1) is 15.2. The maximum atomic E-state index is 13.1. The summed E-state index contributed by atoms with van der Waals surface area (Å²) < 4.78 is 5.82. The quantitative estimate of drug-likeness (QED) is 0.772. The maximum absolute atomic E-state index is 13.1. The van der Waals surface area contributed by atoms with Crippen LogP contribution in [0.5, 0.6) is 5.75 Å². The highest BCUT2D eigenvalue weighted by Crippen LogP contribution is 2.37. The van der Waals surface area contributed by atoms with Gasteiger partial charge in [-0.15, -0.1) is 0 Å². The molecule has 0 radical (unpaired) electrons. The smallest absolute Gasteiger partial charge is 0.272 e. The summed E-state index contributed by atoms with van der Waals surface area (Å²) >= 11 is 0. The molecule has 0 aliphatic carbocycles. The molecule has 3 heterocycles. The Morgan fingerprint density at radius 1 is 1.12 bits per heavy atom. The first-order chi connectivity index (χ1) is 12.8. The van der Waals surface area contributed by atoms with Gasteiger partial charge in [-0.2, -0.15) is 5.10 Å². The topological polar surface area (TPSA) is 58.2 Å². The molecule has 5 heteroatoms. The lowest BCUT2D eigenvalue weighted by atomic mass is 9.99. The Hall–Kier alpha value is -3.08. The molecular weight excluding hydrogens is 326 g/mol. The van der Waals surface area contributed by atoms with Gasteiger partial charge in [-0.1, -0.05) is 42.5 Å². The third kappa shape index (κ3) is 2.39. The van der Waals surface area contributed by atoms with Crippen LogP contribution in [0.15, 0.2) is 54.6 Å². The zero-order valence-corrected chi connectivity index (χ0v) is 14.3. The SMILES string of the molecule is O=C(c1[nH]nc2c1COc1ccccc1-2)N1CC[C@@H](c2ccccc2)C1. The molecule has 0 bridgehead atoms. The van der Waals surface area contributed by atoms with E-state index in [1.807, 2.05) is 35.2 Å². The van der Waals surface area contributed by atoms with Crippen LogP contribution < -0.4 is 4.74 Å². The van der Waals surface area contributed by atoms with Gasteiger partial charge in [0.1, 0.15) is 23.7 Å². The van der Waals surface area contributed by atoms with Gasteiger partial charge in [-0.3, -0.25) is 9.89 Å². The zero-order valence-electron chi connectivity index (χ0n) is 14.3. The zero-order chi connectivity index (χ0) is 17.5. The predicted molar refractivity (Wildman–Crippen MR) is 98.1 cm³/mol. The summed E-state index contributed by atoms with van der Waals surface area (Å²) in [6.45, 7) is 1.89. The van der Waals surface area contributed by atoms with Gasteiger partial charge in [0.05, 0.1) is 0 Å². The fourth-order valence-electron chi connectivity index (χ4n) is 3.94. The molecule has 0 unspecified atom stereocenters. The van der Waals surface area contributed by atoms with Crippen LogP contribution in [0.2, 0.25) is 0 Å². The van der Waals surface area contributed by atoms with E-state index in [9.17, 15) is 4.79 Å². The number of aromatic amines is 1. The van der Waals surface area contributed by atoms with Crippen LogP contribution in [0.1, 0.15) is 34.0 Å². The number of fused-ring (bicyclic) bond motifs is 3. The third-order valence-corrected chi connectivity index (χ3v) is 5.34. The number of hydrogen-bond acceptors (Lipinski definition) is 3. The first-order valence-electron chi connectivity index (χ1n) is 8.95. The van der Waals surface area contributed by atoms with Crippen molar-refractivity contribution in [1.82, 2.24) is 15.1 Å². The number of H-pyrrole nitrogens is 1. The Labute approximate surface area is 151 Å². The Morgan fingerprint density at radius 3 is 2.81 bits per heavy atom. The van der Waals surface area contributed by atoms with Crippen molar-refractivity contribution in [3.63, 3.8) is 0 Å². The maximum Gasteiger partial charge on any atom is 0.272 e. The molecule has 0 saturated carbocycles. The van der Waals surface area contributed by atoms with E-state index in [1.165, 1.54) is 5.56 Å². The van der Waals surface area contributed by atoms with Crippen LogP contribution in [0.25, 0.3) is 11.3 Å². The first-order valence-corrected chi connectivity index (χ1v) is 8.95. The van der Waals surface area contributed by atoms with Crippen LogP contribution in [0.3, 0.4) is 0 Å². The van der Waals surface area contributed by atoms with E-state index in [2.05, 4.69) is 34.5 Å². The number of hydrogen-bond donors (Lipinski definition) is 1. The highest BCUT2D eigenvalue weighted by molar-refractivity contribution is 5.96. The van der Waals surface area contributed by atoms with Gasteiger partial charge in [0.15, 0.2) is 0 Å². The molecule has 1 N–H and O–H groups in total. The van der Waals surface area contributed by atoms with Crippen molar-refractivity contribution in [2.75, 3.05) is 13.1 Å². The summed E-state index contributed by atoms with van der Waals surface area (Å²) in [6, 6.07) is 18.2. The van der Waals surface area contributed by atoms with E-state index in [0.29, 0.717) is 18.2 Å². The minimum Gasteiger partial charge on any atom is -0.488 e. The Kier molecular flexibility index (Phi) is 3.52. The van der Waals surface area contributed by atoms with Crippen molar-refractivity contribution in [1.29, 1.82) is 0 Å². The van der Waals surface area contributed by atoms with Gasteiger partial charge in [-0.05, 0) is 24.1 Å². The van der Waals surface area contributed by atoms with Crippen LogP contribution in [0.4, 0.5) is 0 Å². The van der Waals surface area contributed by atoms with Crippen molar-refractivity contribution in [2.45, 2.75) is 18.9 Å². The number of nitrogens with one attached hydrogen (secondary N) is 1. The molecule has 26 heavy (non-hydrogen) atoms. The van der Waals surface area contributed by atoms with Gasteiger partial charge >= 0.3 is 0 Å². The van der Waals surface area contributed by atoms with Crippen LogP contribution >= 0.6 is 0 Å². The number of nitrogens with zero attached hydrogens (tertiary/aromatic N) is 2. The highest BCUT2D eigenvalue weighted by Gasteiger charge is 2.32. The summed E-state index contributed by atoms with van der Waals surface area (Å²) in [6.07, 6.45) is 0.991. The van der Waals surface area contributed by atoms with Crippen molar-refractivity contribution >= 4 is 5.91 Å². The van der Waals surface area contributed by atoms with E-state index < -0.39 is 0 Å². The van der Waals surface area contributed by atoms with Gasteiger partial charge in [0.25, 0.3) is 5.91 Å².